The van der Waals surface area contributed by atoms with E-state index in [-0.39, 0.29) is 12.4 Å². The van der Waals surface area contributed by atoms with Crippen molar-refractivity contribution in [3.8, 4) is 0 Å². The quantitative estimate of drug-likeness (QED) is 0.0433. The Morgan fingerprint density at radius 1 is 0.180 bits per heavy atom. The number of nitrogens with zero attached hydrogens (tertiary/aromatic N) is 1. The molecular formula is C48H100ClN. The molecule has 0 aromatic rings. The van der Waals surface area contributed by atoms with Crippen molar-refractivity contribution < 1.29 is 16.9 Å². The van der Waals surface area contributed by atoms with E-state index in [0.717, 1.165) is 0 Å². The molecule has 0 aromatic carbocycles. The van der Waals surface area contributed by atoms with Gasteiger partial charge in [-0.3, -0.25) is 0 Å². The Labute approximate surface area is 326 Å². The molecule has 1 nitrogen and oxygen atoms in total. The largest absolute Gasteiger partial charge is 1.00 e. The summed E-state index contributed by atoms with van der Waals surface area (Å²) < 4.78 is 1.48. The maximum absolute atomic E-state index is 2.37. The summed E-state index contributed by atoms with van der Waals surface area (Å²) >= 11 is 0. The maximum Gasteiger partial charge on any atom is 0.0786 e. The predicted octanol–water partition coefficient (Wildman–Crippen LogP) is 14.5. The zero-order valence-corrected chi connectivity index (χ0v) is 36.7. The molecule has 0 saturated carbocycles. The van der Waals surface area contributed by atoms with Gasteiger partial charge in [-0.25, -0.2) is 0 Å². The van der Waals surface area contributed by atoms with Gasteiger partial charge in [-0.15, -0.1) is 0 Å². The minimum absolute atomic E-state index is 0. The van der Waals surface area contributed by atoms with Crippen molar-refractivity contribution in [2.45, 2.75) is 285 Å². The number of unbranched alkanes of at least 4 members (excludes halogenated alkanes) is 36. The molecule has 50 heavy (non-hydrogen) atoms. The van der Waals surface area contributed by atoms with Gasteiger partial charge in [-0.2, -0.15) is 0 Å². The van der Waals surface area contributed by atoms with Gasteiger partial charge in [0.05, 0.1) is 26.2 Å². The fraction of sp³-hybridized carbons (Fsp3) is 1.00. The van der Waals surface area contributed by atoms with Crippen LogP contribution in [0.15, 0.2) is 0 Å². The maximum atomic E-state index is 2.37. The van der Waals surface area contributed by atoms with Crippen molar-refractivity contribution in [3.05, 3.63) is 0 Å². The summed E-state index contributed by atoms with van der Waals surface area (Å²) in [6.45, 7) is 15.3. The lowest BCUT2D eigenvalue weighted by Crippen LogP contribution is -3.00. The van der Waals surface area contributed by atoms with Gasteiger partial charge in [-0.05, 0) is 51.4 Å². The van der Waals surface area contributed by atoms with Crippen molar-refractivity contribution >= 4 is 0 Å². The highest BCUT2D eigenvalue weighted by molar-refractivity contribution is 4.56. The van der Waals surface area contributed by atoms with Gasteiger partial charge < -0.3 is 16.9 Å². The summed E-state index contributed by atoms with van der Waals surface area (Å²) in [5.74, 6) is 0. The number of rotatable bonds is 44. The van der Waals surface area contributed by atoms with Crippen LogP contribution in [0.3, 0.4) is 0 Å². The Kier molecular flexibility index (Phi) is 47.5. The first kappa shape index (κ1) is 52.4. The van der Waals surface area contributed by atoms with Crippen LogP contribution in [0.5, 0.6) is 0 Å². The van der Waals surface area contributed by atoms with Crippen LogP contribution in [0.2, 0.25) is 0 Å². The summed E-state index contributed by atoms with van der Waals surface area (Å²) in [6, 6.07) is 0. The molecule has 0 radical (unpaired) electrons. The van der Waals surface area contributed by atoms with Crippen LogP contribution in [0.1, 0.15) is 285 Å². The fourth-order valence-electron chi connectivity index (χ4n) is 8.41. The molecule has 0 unspecified atom stereocenters. The zero-order chi connectivity index (χ0) is 35.6. The van der Waals surface area contributed by atoms with E-state index >= 15 is 0 Å². The lowest BCUT2D eigenvalue weighted by Gasteiger charge is -2.39. The van der Waals surface area contributed by atoms with Gasteiger partial charge in [-0.1, -0.05) is 233 Å². The Bertz CT molecular complexity index is 527. The topological polar surface area (TPSA) is 0 Å². The summed E-state index contributed by atoms with van der Waals surface area (Å²) in [5, 5.41) is 0. The second kappa shape index (κ2) is 45.4. The molecule has 0 bridgehead atoms. The Morgan fingerprint density at radius 2 is 0.300 bits per heavy atom. The normalized spacial score (nSPS) is 11.8. The van der Waals surface area contributed by atoms with E-state index in [1.54, 1.807) is 0 Å². The standard InChI is InChI=1S/C48H100N.ClH/c1-5-9-13-17-19-21-23-25-27-29-31-33-35-37-39-43-47-49(45-41-15-11-7-3,46-42-16-12-8-4)48-44-40-38-36-34-32-30-28-26-24-22-20-18-14-10-6-2;/h5-48H2,1-4H3;1H/q+1;/p-1. The summed E-state index contributed by atoms with van der Waals surface area (Å²) in [7, 11) is 0. The number of halogens is 1. The third kappa shape index (κ3) is 39.5. The predicted molar refractivity (Wildman–Crippen MR) is 227 cm³/mol. The van der Waals surface area contributed by atoms with E-state index in [9.17, 15) is 0 Å². The van der Waals surface area contributed by atoms with Crippen molar-refractivity contribution in [2.24, 2.45) is 0 Å². The monoisotopic (exact) mass is 726 g/mol. The number of hydrogen-bond acceptors (Lipinski definition) is 0. The van der Waals surface area contributed by atoms with Crippen molar-refractivity contribution in [1.82, 2.24) is 0 Å². The average Bonchev–Trinajstić information content (AvgIpc) is 3.11. The van der Waals surface area contributed by atoms with Gasteiger partial charge in [0.2, 0.25) is 0 Å². The third-order valence-corrected chi connectivity index (χ3v) is 11.9. The van der Waals surface area contributed by atoms with Gasteiger partial charge in [0.1, 0.15) is 0 Å². The molecule has 0 atom stereocenters. The first-order valence-electron chi connectivity index (χ1n) is 24.1. The van der Waals surface area contributed by atoms with Crippen molar-refractivity contribution in [1.29, 1.82) is 0 Å². The highest BCUT2D eigenvalue weighted by Crippen LogP contribution is 2.21. The highest BCUT2D eigenvalue weighted by Gasteiger charge is 2.25. The van der Waals surface area contributed by atoms with E-state index in [1.807, 2.05) is 0 Å². The van der Waals surface area contributed by atoms with Crippen molar-refractivity contribution in [2.75, 3.05) is 26.2 Å². The Balaban J connectivity index is 0. The summed E-state index contributed by atoms with van der Waals surface area (Å²) in [6.07, 6.45) is 58.7. The Morgan fingerprint density at radius 3 is 0.460 bits per heavy atom. The van der Waals surface area contributed by atoms with E-state index in [2.05, 4.69) is 27.7 Å². The molecule has 0 aliphatic heterocycles. The summed E-state index contributed by atoms with van der Waals surface area (Å²) in [4.78, 5) is 0. The molecule has 0 amide bonds. The number of hydrogen-bond donors (Lipinski definition) is 0. The molecule has 0 saturated heterocycles. The minimum atomic E-state index is 0. The molecule has 0 N–H and O–H groups in total. The second-order valence-corrected chi connectivity index (χ2v) is 17.0. The molecule has 0 fully saturated rings. The van der Waals surface area contributed by atoms with E-state index < -0.39 is 0 Å². The molecule has 0 aliphatic rings. The first-order valence-corrected chi connectivity index (χ1v) is 24.1. The molecule has 0 heterocycles. The SMILES string of the molecule is CCCCCCCCCCCCCCCCCC[N+](CCCCCC)(CCCCCC)CCCCCCCCCCCCCCCCCC.[Cl-]. The third-order valence-electron chi connectivity index (χ3n) is 11.9. The highest BCUT2D eigenvalue weighted by atomic mass is 35.5. The molecule has 304 valence electrons. The Hall–Kier alpha value is 0.250. The second-order valence-electron chi connectivity index (χ2n) is 17.0. The van der Waals surface area contributed by atoms with E-state index in [1.165, 1.54) is 287 Å². The smallest absolute Gasteiger partial charge is 0.0786 e. The minimum Gasteiger partial charge on any atom is -1.00 e. The lowest BCUT2D eigenvalue weighted by atomic mass is 10.0. The molecule has 2 heteroatoms. The van der Waals surface area contributed by atoms with Crippen LogP contribution in [-0.2, 0) is 0 Å². The average molecular weight is 727 g/mol. The van der Waals surface area contributed by atoms with Gasteiger partial charge >= 0.3 is 0 Å². The van der Waals surface area contributed by atoms with E-state index in [0.29, 0.717) is 0 Å². The first-order chi connectivity index (χ1) is 24.2. The molecule has 0 aliphatic carbocycles. The fourth-order valence-corrected chi connectivity index (χ4v) is 8.41. The van der Waals surface area contributed by atoms with Crippen LogP contribution in [-0.4, -0.2) is 30.7 Å². The lowest BCUT2D eigenvalue weighted by molar-refractivity contribution is -0.929. The van der Waals surface area contributed by atoms with Crippen LogP contribution in [0, 0.1) is 0 Å². The zero-order valence-electron chi connectivity index (χ0n) is 35.9. The number of quaternary nitrogens is 1. The van der Waals surface area contributed by atoms with Crippen LogP contribution >= 0.6 is 0 Å². The molecular weight excluding hydrogens is 626 g/mol. The van der Waals surface area contributed by atoms with Crippen LogP contribution in [0.25, 0.3) is 0 Å². The van der Waals surface area contributed by atoms with Gasteiger partial charge in [0, 0.05) is 0 Å². The van der Waals surface area contributed by atoms with Crippen molar-refractivity contribution in [3.63, 3.8) is 0 Å². The molecule has 0 aromatic heterocycles. The van der Waals surface area contributed by atoms with Gasteiger partial charge in [0.15, 0.2) is 0 Å². The summed E-state index contributed by atoms with van der Waals surface area (Å²) in [5.41, 5.74) is 0. The van der Waals surface area contributed by atoms with Gasteiger partial charge in [0.25, 0.3) is 0 Å². The van der Waals surface area contributed by atoms with Crippen LogP contribution in [0.4, 0.5) is 0 Å². The van der Waals surface area contributed by atoms with Crippen LogP contribution < -0.4 is 12.4 Å². The molecule has 0 rings (SSSR count). The molecule has 0 spiro atoms. The van der Waals surface area contributed by atoms with E-state index in [4.69, 9.17) is 0 Å².